The molecule has 0 radical (unpaired) electrons. The molecule has 8 nitrogen and oxygen atoms in total. The van der Waals surface area contributed by atoms with E-state index in [4.69, 9.17) is 18.6 Å². The number of ketones is 1. The SMILES string of the molecule is COc1ccc2cc([C@H]3CC(=O)Oc4ccc5c(c43)O/C(=C\c3ccco3)C5=O)c(=O)n(C)c2c1. The number of carbonyl (C=O) groups excluding carboxylic acids is 2. The molecule has 35 heavy (non-hydrogen) atoms. The fourth-order valence-corrected chi connectivity index (χ4v) is 4.72. The second-order valence-corrected chi connectivity index (χ2v) is 8.43. The molecule has 0 saturated carbocycles. The summed E-state index contributed by atoms with van der Waals surface area (Å²) >= 11 is 0. The number of fused-ring (bicyclic) bond motifs is 4. The minimum Gasteiger partial charge on any atom is -0.497 e. The maximum atomic E-state index is 13.5. The van der Waals surface area contributed by atoms with E-state index < -0.39 is 11.9 Å². The van der Waals surface area contributed by atoms with E-state index in [0.717, 1.165) is 5.39 Å². The number of rotatable bonds is 3. The summed E-state index contributed by atoms with van der Waals surface area (Å²) in [6.45, 7) is 0. The van der Waals surface area contributed by atoms with Crippen LogP contribution in [0.15, 0.2) is 69.8 Å². The van der Waals surface area contributed by atoms with Gasteiger partial charge in [0.15, 0.2) is 5.76 Å². The van der Waals surface area contributed by atoms with Gasteiger partial charge in [-0.15, -0.1) is 0 Å². The summed E-state index contributed by atoms with van der Waals surface area (Å²) in [7, 11) is 3.24. The number of ether oxygens (including phenoxy) is 3. The number of carbonyl (C=O) groups is 2. The average Bonchev–Trinajstić information content (AvgIpc) is 3.48. The van der Waals surface area contributed by atoms with Crippen LogP contribution in [-0.4, -0.2) is 23.4 Å². The Morgan fingerprint density at radius 3 is 2.69 bits per heavy atom. The second-order valence-electron chi connectivity index (χ2n) is 8.43. The van der Waals surface area contributed by atoms with Crippen molar-refractivity contribution >= 4 is 28.7 Å². The Morgan fingerprint density at radius 1 is 1.06 bits per heavy atom. The van der Waals surface area contributed by atoms with Crippen molar-refractivity contribution in [1.82, 2.24) is 4.57 Å². The van der Waals surface area contributed by atoms with E-state index in [9.17, 15) is 14.4 Å². The van der Waals surface area contributed by atoms with Crippen molar-refractivity contribution in [2.24, 2.45) is 7.05 Å². The molecule has 0 aliphatic carbocycles. The van der Waals surface area contributed by atoms with Gasteiger partial charge in [-0.2, -0.15) is 0 Å². The molecule has 2 aliphatic rings. The fraction of sp³-hybridized carbons (Fsp3) is 0.148. The summed E-state index contributed by atoms with van der Waals surface area (Å²) in [5.41, 5.74) is 1.70. The average molecular weight is 469 g/mol. The molecule has 2 aliphatic heterocycles. The molecule has 0 unspecified atom stereocenters. The zero-order valence-electron chi connectivity index (χ0n) is 18.9. The predicted octanol–water partition coefficient (Wildman–Crippen LogP) is 4.20. The highest BCUT2D eigenvalue weighted by Gasteiger charge is 2.39. The third-order valence-electron chi connectivity index (χ3n) is 6.43. The summed E-state index contributed by atoms with van der Waals surface area (Å²) in [4.78, 5) is 39.0. The lowest BCUT2D eigenvalue weighted by atomic mass is 9.84. The lowest BCUT2D eigenvalue weighted by molar-refractivity contribution is -0.135. The number of nitrogens with zero attached hydrogens (tertiary/aromatic N) is 1. The van der Waals surface area contributed by atoms with Gasteiger partial charge < -0.3 is 23.2 Å². The van der Waals surface area contributed by atoms with Gasteiger partial charge in [-0.25, -0.2) is 0 Å². The zero-order valence-corrected chi connectivity index (χ0v) is 18.9. The van der Waals surface area contributed by atoms with E-state index in [0.29, 0.717) is 39.5 Å². The van der Waals surface area contributed by atoms with Crippen LogP contribution in [0.3, 0.4) is 0 Å². The maximum absolute atomic E-state index is 13.5. The number of esters is 1. The zero-order chi connectivity index (χ0) is 24.3. The lowest BCUT2D eigenvalue weighted by Gasteiger charge is -2.26. The highest BCUT2D eigenvalue weighted by Crippen LogP contribution is 2.48. The Kier molecular flexibility index (Phi) is 4.63. The summed E-state index contributed by atoms with van der Waals surface area (Å²) in [6, 6.07) is 13.8. The molecule has 4 heterocycles. The molecule has 0 bridgehead atoms. The molecule has 174 valence electrons. The third kappa shape index (κ3) is 3.25. The molecule has 2 aromatic carbocycles. The second kappa shape index (κ2) is 7.73. The Bertz CT molecular complexity index is 1630. The number of pyridine rings is 1. The summed E-state index contributed by atoms with van der Waals surface area (Å²) in [6.07, 6.45) is 2.96. The fourth-order valence-electron chi connectivity index (χ4n) is 4.72. The van der Waals surface area contributed by atoms with Crippen LogP contribution < -0.4 is 19.8 Å². The van der Waals surface area contributed by atoms with Crippen LogP contribution in [0.4, 0.5) is 0 Å². The molecule has 2 aromatic heterocycles. The van der Waals surface area contributed by atoms with Crippen LogP contribution >= 0.6 is 0 Å². The van der Waals surface area contributed by atoms with Gasteiger partial charge in [-0.1, -0.05) is 0 Å². The van der Waals surface area contributed by atoms with E-state index in [-0.39, 0.29) is 29.3 Å². The van der Waals surface area contributed by atoms with Gasteiger partial charge in [-0.05, 0) is 47.9 Å². The molecule has 0 saturated heterocycles. The number of Topliss-reactive ketones (excluding diaryl/α,β-unsaturated/α-hetero) is 1. The Labute approximate surface area is 198 Å². The Hall–Kier alpha value is -4.59. The van der Waals surface area contributed by atoms with Gasteiger partial charge in [0, 0.05) is 36.2 Å². The van der Waals surface area contributed by atoms with Gasteiger partial charge in [0.25, 0.3) is 5.56 Å². The molecule has 6 rings (SSSR count). The van der Waals surface area contributed by atoms with Crippen LogP contribution in [0.1, 0.15) is 39.6 Å². The monoisotopic (exact) mass is 469 g/mol. The van der Waals surface area contributed by atoms with E-state index >= 15 is 0 Å². The van der Waals surface area contributed by atoms with E-state index in [1.165, 1.54) is 16.9 Å². The lowest BCUT2D eigenvalue weighted by Crippen LogP contribution is -2.29. The number of aromatic nitrogens is 1. The van der Waals surface area contributed by atoms with Crippen LogP contribution in [0.2, 0.25) is 0 Å². The first-order chi connectivity index (χ1) is 16.9. The minimum atomic E-state index is -0.651. The van der Waals surface area contributed by atoms with Crippen molar-refractivity contribution in [2.75, 3.05) is 7.11 Å². The standard InChI is InChI=1S/C27H19NO7/c1-28-20-11-15(32-2)6-5-14(20)10-19(27(28)31)18-13-23(29)34-21-8-7-17-25(30)22(35-26(17)24(18)21)12-16-4-3-9-33-16/h3-12,18H,13H2,1-2H3/b22-12-/t18-/m1/s1. The number of allylic oxidation sites excluding steroid dienone is 1. The molecule has 0 fully saturated rings. The topological polar surface area (TPSA) is 97.0 Å². The molecule has 4 aromatic rings. The molecular formula is C27H19NO7. The van der Waals surface area contributed by atoms with Gasteiger partial charge >= 0.3 is 5.97 Å². The third-order valence-corrected chi connectivity index (χ3v) is 6.43. The minimum absolute atomic E-state index is 0.0604. The molecule has 1 atom stereocenters. The van der Waals surface area contributed by atoms with E-state index in [2.05, 4.69) is 0 Å². The summed E-state index contributed by atoms with van der Waals surface area (Å²) in [5.74, 6) is 0.334. The molecular weight excluding hydrogens is 450 g/mol. The quantitative estimate of drug-likeness (QED) is 0.252. The summed E-state index contributed by atoms with van der Waals surface area (Å²) in [5, 5.41) is 0.811. The van der Waals surface area contributed by atoms with Crippen molar-refractivity contribution < 1.29 is 28.2 Å². The maximum Gasteiger partial charge on any atom is 0.312 e. The van der Waals surface area contributed by atoms with Gasteiger partial charge in [0.05, 0.1) is 30.9 Å². The van der Waals surface area contributed by atoms with Crippen LogP contribution in [0.5, 0.6) is 17.2 Å². The van der Waals surface area contributed by atoms with Crippen LogP contribution in [0.25, 0.3) is 17.0 Å². The predicted molar refractivity (Wildman–Crippen MR) is 126 cm³/mol. The Balaban J connectivity index is 1.53. The van der Waals surface area contributed by atoms with E-state index in [1.807, 2.05) is 12.1 Å². The number of methoxy groups -OCH3 is 1. The first-order valence-corrected chi connectivity index (χ1v) is 11.0. The molecule has 0 N–H and O–H groups in total. The number of benzene rings is 2. The van der Waals surface area contributed by atoms with Crippen molar-refractivity contribution in [1.29, 1.82) is 0 Å². The highest BCUT2D eigenvalue weighted by molar-refractivity contribution is 6.15. The number of hydrogen-bond donors (Lipinski definition) is 0. The normalized spacial score (nSPS) is 17.8. The number of hydrogen-bond acceptors (Lipinski definition) is 7. The number of furan rings is 1. The molecule has 0 spiro atoms. The Morgan fingerprint density at radius 2 is 1.91 bits per heavy atom. The van der Waals surface area contributed by atoms with Crippen molar-refractivity contribution in [3.05, 3.63) is 93.4 Å². The number of aryl methyl sites for hydroxylation is 1. The van der Waals surface area contributed by atoms with Gasteiger partial charge in [0.1, 0.15) is 23.0 Å². The van der Waals surface area contributed by atoms with Crippen molar-refractivity contribution in [2.45, 2.75) is 12.3 Å². The molecule has 0 amide bonds. The smallest absolute Gasteiger partial charge is 0.312 e. The summed E-state index contributed by atoms with van der Waals surface area (Å²) < 4.78 is 23.6. The van der Waals surface area contributed by atoms with Crippen molar-refractivity contribution in [3.63, 3.8) is 0 Å². The van der Waals surface area contributed by atoms with Crippen molar-refractivity contribution in [3.8, 4) is 17.2 Å². The largest absolute Gasteiger partial charge is 0.497 e. The van der Waals surface area contributed by atoms with Crippen LogP contribution in [-0.2, 0) is 11.8 Å². The van der Waals surface area contributed by atoms with Crippen LogP contribution in [0, 0.1) is 0 Å². The first kappa shape index (κ1) is 21.0. The first-order valence-electron chi connectivity index (χ1n) is 11.0. The molecule has 8 heteroatoms. The van der Waals surface area contributed by atoms with Gasteiger partial charge in [0.2, 0.25) is 5.78 Å². The highest BCUT2D eigenvalue weighted by atomic mass is 16.5. The van der Waals surface area contributed by atoms with Gasteiger partial charge in [-0.3, -0.25) is 14.4 Å². The van der Waals surface area contributed by atoms with E-state index in [1.54, 1.807) is 50.6 Å².